The molecule has 6 heteroatoms. The van der Waals surface area contributed by atoms with Gasteiger partial charge >= 0.3 is 0 Å². The van der Waals surface area contributed by atoms with E-state index in [-0.39, 0.29) is 0 Å². The number of rotatable bonds is 5. The Kier molecular flexibility index (Phi) is 4.19. The summed E-state index contributed by atoms with van der Waals surface area (Å²) >= 11 is 0. The summed E-state index contributed by atoms with van der Waals surface area (Å²) in [6.45, 7) is 0. The fraction of sp³-hybridized carbons (Fsp3) is 0.600. The second-order valence-electron chi connectivity index (χ2n) is 7.88. The van der Waals surface area contributed by atoms with Crippen LogP contribution in [0.1, 0.15) is 69.7 Å². The lowest BCUT2D eigenvalue weighted by molar-refractivity contribution is 0.362. The van der Waals surface area contributed by atoms with E-state index >= 15 is 0 Å². The number of aryl methyl sites for hydroxylation is 1. The molecule has 2 heterocycles. The SMILES string of the molecule is c1cc2c(cc1-c1noc(CCC3CCCC3)n1)nnn2C1CCCC1. The van der Waals surface area contributed by atoms with Crippen LogP contribution >= 0.6 is 0 Å². The van der Waals surface area contributed by atoms with Gasteiger partial charge in [-0.05, 0) is 43.4 Å². The summed E-state index contributed by atoms with van der Waals surface area (Å²) in [6, 6.07) is 6.68. The zero-order valence-corrected chi connectivity index (χ0v) is 15.1. The molecular formula is C20H25N5O. The Morgan fingerprint density at radius 3 is 2.69 bits per heavy atom. The fourth-order valence-electron chi connectivity index (χ4n) is 4.60. The van der Waals surface area contributed by atoms with E-state index in [1.54, 1.807) is 0 Å². The largest absolute Gasteiger partial charge is 0.339 e. The van der Waals surface area contributed by atoms with E-state index in [0.717, 1.165) is 41.2 Å². The van der Waals surface area contributed by atoms with Crippen LogP contribution in [0.4, 0.5) is 0 Å². The molecular weight excluding hydrogens is 326 g/mol. The summed E-state index contributed by atoms with van der Waals surface area (Å²) in [7, 11) is 0. The van der Waals surface area contributed by atoms with Gasteiger partial charge in [0.2, 0.25) is 11.7 Å². The van der Waals surface area contributed by atoms with E-state index < -0.39 is 0 Å². The molecule has 0 radical (unpaired) electrons. The molecule has 26 heavy (non-hydrogen) atoms. The number of hydrogen-bond donors (Lipinski definition) is 0. The van der Waals surface area contributed by atoms with Crippen molar-refractivity contribution >= 4 is 11.0 Å². The van der Waals surface area contributed by atoms with Gasteiger partial charge < -0.3 is 4.52 Å². The maximum atomic E-state index is 5.48. The van der Waals surface area contributed by atoms with Crippen molar-refractivity contribution < 1.29 is 4.52 Å². The van der Waals surface area contributed by atoms with Crippen molar-refractivity contribution in [2.75, 3.05) is 0 Å². The monoisotopic (exact) mass is 351 g/mol. The third kappa shape index (κ3) is 3.02. The Bertz CT molecular complexity index is 887. The summed E-state index contributed by atoms with van der Waals surface area (Å²) in [5.41, 5.74) is 2.96. The molecule has 0 N–H and O–H groups in total. The molecule has 5 rings (SSSR count). The first kappa shape index (κ1) is 16.0. The van der Waals surface area contributed by atoms with E-state index in [0.29, 0.717) is 11.9 Å². The van der Waals surface area contributed by atoms with Gasteiger partial charge in [0.25, 0.3) is 0 Å². The quantitative estimate of drug-likeness (QED) is 0.665. The predicted molar refractivity (Wildman–Crippen MR) is 98.6 cm³/mol. The molecule has 6 nitrogen and oxygen atoms in total. The van der Waals surface area contributed by atoms with Crippen LogP contribution in [0.25, 0.3) is 22.4 Å². The Hall–Kier alpha value is -2.24. The molecule has 0 amide bonds. The van der Waals surface area contributed by atoms with Crippen molar-refractivity contribution in [2.45, 2.75) is 70.3 Å². The zero-order valence-electron chi connectivity index (χ0n) is 15.1. The first-order chi connectivity index (χ1) is 12.9. The average Bonchev–Trinajstić information content (AvgIpc) is 3.47. The minimum Gasteiger partial charge on any atom is -0.339 e. The molecule has 0 spiro atoms. The predicted octanol–water partition coefficient (Wildman–Crippen LogP) is 4.72. The molecule has 0 saturated heterocycles. The molecule has 3 aromatic rings. The Labute approximate surface area is 153 Å². The van der Waals surface area contributed by atoms with Crippen molar-refractivity contribution in [3.63, 3.8) is 0 Å². The van der Waals surface area contributed by atoms with E-state index in [1.807, 2.05) is 6.07 Å². The molecule has 0 aliphatic heterocycles. The van der Waals surface area contributed by atoms with Crippen molar-refractivity contribution in [1.29, 1.82) is 0 Å². The van der Waals surface area contributed by atoms with Gasteiger partial charge in [-0.15, -0.1) is 5.10 Å². The van der Waals surface area contributed by atoms with Crippen molar-refractivity contribution in [3.8, 4) is 11.4 Å². The molecule has 2 saturated carbocycles. The highest BCUT2D eigenvalue weighted by atomic mass is 16.5. The summed E-state index contributed by atoms with van der Waals surface area (Å²) in [6.07, 6.45) is 12.5. The highest BCUT2D eigenvalue weighted by Crippen LogP contribution is 2.32. The first-order valence-electron chi connectivity index (χ1n) is 10.0. The summed E-state index contributed by atoms with van der Waals surface area (Å²) in [5, 5.41) is 12.9. The maximum Gasteiger partial charge on any atom is 0.226 e. The van der Waals surface area contributed by atoms with Crippen molar-refractivity contribution in [1.82, 2.24) is 25.1 Å². The maximum absolute atomic E-state index is 5.48. The van der Waals surface area contributed by atoms with Crippen LogP contribution in [-0.4, -0.2) is 25.1 Å². The van der Waals surface area contributed by atoms with E-state index in [2.05, 4.69) is 37.3 Å². The van der Waals surface area contributed by atoms with Gasteiger partial charge in [0.05, 0.1) is 11.6 Å². The Balaban J connectivity index is 1.34. The molecule has 2 fully saturated rings. The molecule has 0 atom stereocenters. The van der Waals surface area contributed by atoms with Gasteiger partial charge in [-0.2, -0.15) is 4.98 Å². The Morgan fingerprint density at radius 2 is 1.85 bits per heavy atom. The molecule has 2 aromatic heterocycles. The van der Waals surface area contributed by atoms with E-state index in [1.165, 1.54) is 51.4 Å². The lowest BCUT2D eigenvalue weighted by atomic mass is 10.0. The van der Waals surface area contributed by atoms with Gasteiger partial charge in [-0.3, -0.25) is 0 Å². The van der Waals surface area contributed by atoms with Crippen LogP contribution < -0.4 is 0 Å². The van der Waals surface area contributed by atoms with Crippen molar-refractivity contribution in [2.24, 2.45) is 5.92 Å². The van der Waals surface area contributed by atoms with Gasteiger partial charge in [-0.1, -0.05) is 48.9 Å². The fourth-order valence-corrected chi connectivity index (χ4v) is 4.60. The van der Waals surface area contributed by atoms with Crippen LogP contribution in [-0.2, 0) is 6.42 Å². The first-order valence-corrected chi connectivity index (χ1v) is 10.0. The van der Waals surface area contributed by atoms with Crippen LogP contribution in [0, 0.1) is 5.92 Å². The number of benzene rings is 1. The number of aromatic nitrogens is 5. The zero-order chi connectivity index (χ0) is 17.3. The highest BCUT2D eigenvalue weighted by Gasteiger charge is 2.21. The summed E-state index contributed by atoms with van der Waals surface area (Å²) < 4.78 is 7.57. The molecule has 136 valence electrons. The molecule has 0 unspecified atom stereocenters. The smallest absolute Gasteiger partial charge is 0.226 e. The van der Waals surface area contributed by atoms with Crippen LogP contribution in [0.2, 0.25) is 0 Å². The van der Waals surface area contributed by atoms with Gasteiger partial charge in [-0.25, -0.2) is 4.68 Å². The highest BCUT2D eigenvalue weighted by molar-refractivity contribution is 5.79. The minimum absolute atomic E-state index is 0.498. The summed E-state index contributed by atoms with van der Waals surface area (Å²) in [4.78, 5) is 4.60. The van der Waals surface area contributed by atoms with Gasteiger partial charge in [0, 0.05) is 12.0 Å². The third-order valence-corrected chi connectivity index (χ3v) is 6.11. The standard InChI is InChI=1S/C20H25N5O/c1-2-6-14(5-1)9-12-19-21-20(23-26-19)15-10-11-18-17(13-15)22-24-25(18)16-7-3-4-8-16/h10-11,13-14,16H,1-9,12H2. The number of fused-ring (bicyclic) bond motifs is 1. The molecule has 0 bridgehead atoms. The van der Waals surface area contributed by atoms with E-state index in [9.17, 15) is 0 Å². The lowest BCUT2D eigenvalue weighted by Crippen LogP contribution is -2.06. The Morgan fingerprint density at radius 1 is 1.04 bits per heavy atom. The van der Waals surface area contributed by atoms with Gasteiger partial charge in [0.15, 0.2) is 0 Å². The summed E-state index contributed by atoms with van der Waals surface area (Å²) in [5.74, 6) is 2.25. The molecule has 1 aromatic carbocycles. The van der Waals surface area contributed by atoms with Crippen LogP contribution in [0.15, 0.2) is 22.7 Å². The lowest BCUT2D eigenvalue weighted by Gasteiger charge is -2.09. The number of nitrogens with zero attached hydrogens (tertiary/aromatic N) is 5. The normalized spacial score (nSPS) is 19.1. The average molecular weight is 351 g/mol. The minimum atomic E-state index is 0.498. The van der Waals surface area contributed by atoms with E-state index in [4.69, 9.17) is 4.52 Å². The van der Waals surface area contributed by atoms with Crippen LogP contribution in [0.3, 0.4) is 0 Å². The van der Waals surface area contributed by atoms with Crippen molar-refractivity contribution in [3.05, 3.63) is 24.1 Å². The third-order valence-electron chi connectivity index (χ3n) is 6.11. The number of hydrogen-bond acceptors (Lipinski definition) is 5. The molecule has 2 aliphatic rings. The van der Waals surface area contributed by atoms with Crippen LogP contribution in [0.5, 0.6) is 0 Å². The second-order valence-corrected chi connectivity index (χ2v) is 7.88. The second kappa shape index (κ2) is 6.82. The topological polar surface area (TPSA) is 69.6 Å². The molecule has 2 aliphatic carbocycles. The van der Waals surface area contributed by atoms with Gasteiger partial charge in [0.1, 0.15) is 5.52 Å².